The Labute approximate surface area is 108 Å². The first-order valence-electron chi connectivity index (χ1n) is 5.57. The molecular weight excluding hydrogens is 254 g/mol. The first-order chi connectivity index (χ1) is 8.16. The van der Waals surface area contributed by atoms with Crippen molar-refractivity contribution in [3.63, 3.8) is 0 Å². The Morgan fingerprint density at radius 1 is 1.59 bits per heavy atom. The van der Waals surface area contributed by atoms with E-state index in [-0.39, 0.29) is 11.6 Å². The Balaban J connectivity index is 2.22. The molecule has 6 heteroatoms. The lowest BCUT2D eigenvalue weighted by Crippen LogP contribution is -2.27. The lowest BCUT2D eigenvalue weighted by atomic mass is 10.2. The van der Waals surface area contributed by atoms with Crippen LogP contribution < -0.4 is 5.56 Å². The largest absolute Gasteiger partial charge is 0.331 e. The molecule has 17 heavy (non-hydrogen) atoms. The van der Waals surface area contributed by atoms with Crippen LogP contribution >= 0.6 is 23.6 Å². The van der Waals surface area contributed by atoms with Gasteiger partial charge in [0.1, 0.15) is 4.70 Å². The smallest absolute Gasteiger partial charge is 0.272 e. The van der Waals surface area contributed by atoms with E-state index in [1.807, 2.05) is 11.4 Å². The standard InChI is InChI=1S/C11H13N3OS2/c1-13-4-2-7(6-13)14-10(15)9-8(3-5-17-9)12-11(14)16/h3,5,7H,2,4,6H2,1H3,(H,12,16). The number of likely N-dealkylation sites (N-methyl/N-ethyl adjacent to an activating group) is 1. The van der Waals surface area contributed by atoms with Gasteiger partial charge in [0, 0.05) is 6.54 Å². The minimum absolute atomic E-state index is 0.0547. The van der Waals surface area contributed by atoms with Gasteiger partial charge in [-0.2, -0.15) is 0 Å². The summed E-state index contributed by atoms with van der Waals surface area (Å²) in [5.41, 5.74) is 0.909. The average Bonchev–Trinajstić information content (AvgIpc) is 2.87. The van der Waals surface area contributed by atoms with E-state index in [9.17, 15) is 4.79 Å². The van der Waals surface area contributed by atoms with Gasteiger partial charge in [0.2, 0.25) is 0 Å². The second-order valence-electron chi connectivity index (χ2n) is 4.47. The Bertz CT molecular complexity index is 669. The molecule has 1 fully saturated rings. The molecule has 0 spiro atoms. The molecule has 1 aliphatic rings. The van der Waals surface area contributed by atoms with Gasteiger partial charge in [-0.1, -0.05) is 0 Å². The lowest BCUT2D eigenvalue weighted by Gasteiger charge is -2.14. The monoisotopic (exact) mass is 267 g/mol. The minimum Gasteiger partial charge on any atom is -0.331 e. The van der Waals surface area contributed by atoms with Gasteiger partial charge in [-0.25, -0.2) is 0 Å². The quantitative estimate of drug-likeness (QED) is 0.803. The summed E-state index contributed by atoms with van der Waals surface area (Å²) in [5, 5.41) is 1.92. The molecule has 1 unspecified atom stereocenters. The van der Waals surface area contributed by atoms with Crippen LogP contribution in [0.5, 0.6) is 0 Å². The number of hydrogen-bond donors (Lipinski definition) is 1. The van der Waals surface area contributed by atoms with Crippen molar-refractivity contribution in [3.05, 3.63) is 26.6 Å². The third-order valence-electron chi connectivity index (χ3n) is 3.27. The molecule has 1 N–H and O–H groups in total. The fraction of sp³-hybridized carbons (Fsp3) is 0.455. The SMILES string of the molecule is CN1CCC(n2c(=S)[nH]c3ccsc3c2=O)C1. The molecule has 1 saturated heterocycles. The molecule has 3 heterocycles. The molecule has 0 saturated carbocycles. The van der Waals surface area contributed by atoms with Crippen molar-refractivity contribution in [1.82, 2.24) is 14.5 Å². The molecule has 0 amide bonds. The van der Waals surface area contributed by atoms with Gasteiger partial charge < -0.3 is 9.88 Å². The summed E-state index contributed by atoms with van der Waals surface area (Å²) < 4.78 is 3.06. The Morgan fingerprint density at radius 2 is 2.41 bits per heavy atom. The number of aromatic nitrogens is 2. The van der Waals surface area contributed by atoms with Crippen LogP contribution in [0.15, 0.2) is 16.2 Å². The summed E-state index contributed by atoms with van der Waals surface area (Å²) >= 11 is 6.77. The van der Waals surface area contributed by atoms with Crippen molar-refractivity contribution in [2.45, 2.75) is 12.5 Å². The Morgan fingerprint density at radius 3 is 3.12 bits per heavy atom. The Hall–Kier alpha value is -0.980. The van der Waals surface area contributed by atoms with Crippen LogP contribution in [0.1, 0.15) is 12.5 Å². The zero-order valence-corrected chi connectivity index (χ0v) is 11.1. The molecule has 0 bridgehead atoms. The lowest BCUT2D eigenvalue weighted by molar-refractivity contribution is 0.388. The van der Waals surface area contributed by atoms with E-state index in [4.69, 9.17) is 12.2 Å². The topological polar surface area (TPSA) is 41.0 Å². The molecule has 0 radical (unpaired) electrons. The summed E-state index contributed by atoms with van der Waals surface area (Å²) in [7, 11) is 2.07. The van der Waals surface area contributed by atoms with Crippen molar-refractivity contribution in [1.29, 1.82) is 0 Å². The third kappa shape index (κ3) is 1.76. The van der Waals surface area contributed by atoms with E-state index >= 15 is 0 Å². The maximum absolute atomic E-state index is 12.4. The van der Waals surface area contributed by atoms with E-state index in [0.29, 0.717) is 4.77 Å². The molecule has 90 valence electrons. The van der Waals surface area contributed by atoms with Crippen LogP contribution in [-0.4, -0.2) is 34.6 Å². The second kappa shape index (κ2) is 4.04. The highest BCUT2D eigenvalue weighted by atomic mass is 32.1. The van der Waals surface area contributed by atoms with Crippen molar-refractivity contribution in [2.24, 2.45) is 0 Å². The van der Waals surface area contributed by atoms with E-state index in [1.54, 1.807) is 4.57 Å². The zero-order chi connectivity index (χ0) is 12.0. The van der Waals surface area contributed by atoms with Crippen LogP contribution in [-0.2, 0) is 0 Å². The number of fused-ring (bicyclic) bond motifs is 1. The van der Waals surface area contributed by atoms with Gasteiger partial charge in [-0.3, -0.25) is 9.36 Å². The number of likely N-dealkylation sites (tertiary alicyclic amines) is 1. The molecule has 0 aliphatic carbocycles. The highest BCUT2D eigenvalue weighted by Gasteiger charge is 2.23. The number of rotatable bonds is 1. The number of nitrogens with one attached hydrogen (secondary N) is 1. The van der Waals surface area contributed by atoms with Gasteiger partial charge in [0.05, 0.1) is 11.6 Å². The van der Waals surface area contributed by atoms with Gasteiger partial charge in [-0.15, -0.1) is 11.3 Å². The van der Waals surface area contributed by atoms with Crippen LogP contribution in [0.2, 0.25) is 0 Å². The fourth-order valence-electron chi connectivity index (χ4n) is 2.40. The summed E-state index contributed by atoms with van der Waals surface area (Å²) in [5.74, 6) is 0. The molecule has 3 rings (SSSR count). The summed E-state index contributed by atoms with van der Waals surface area (Å²) in [6, 6.07) is 2.12. The van der Waals surface area contributed by atoms with Crippen molar-refractivity contribution < 1.29 is 0 Å². The zero-order valence-electron chi connectivity index (χ0n) is 9.47. The van der Waals surface area contributed by atoms with Gasteiger partial charge in [0.15, 0.2) is 4.77 Å². The number of hydrogen-bond acceptors (Lipinski definition) is 4. The van der Waals surface area contributed by atoms with Crippen molar-refractivity contribution in [2.75, 3.05) is 20.1 Å². The molecule has 4 nitrogen and oxygen atoms in total. The highest BCUT2D eigenvalue weighted by Crippen LogP contribution is 2.21. The van der Waals surface area contributed by atoms with Crippen LogP contribution in [0.3, 0.4) is 0 Å². The second-order valence-corrected chi connectivity index (χ2v) is 5.78. The van der Waals surface area contributed by atoms with Gasteiger partial charge >= 0.3 is 0 Å². The predicted molar refractivity (Wildman–Crippen MR) is 72.4 cm³/mol. The van der Waals surface area contributed by atoms with Gasteiger partial charge in [0.25, 0.3) is 5.56 Å². The van der Waals surface area contributed by atoms with Crippen LogP contribution in [0.25, 0.3) is 10.2 Å². The molecule has 2 aromatic heterocycles. The Kier molecular flexibility index (Phi) is 2.65. The normalized spacial score (nSPS) is 21.4. The van der Waals surface area contributed by atoms with Crippen molar-refractivity contribution >= 4 is 33.8 Å². The molecular formula is C11H13N3OS2. The molecule has 2 aromatic rings. The number of aromatic amines is 1. The minimum atomic E-state index is 0.0547. The number of nitrogens with zero attached hydrogens (tertiary/aromatic N) is 2. The molecule has 1 atom stereocenters. The summed E-state index contributed by atoms with van der Waals surface area (Å²) in [6.07, 6.45) is 0.991. The molecule has 1 aliphatic heterocycles. The van der Waals surface area contributed by atoms with Crippen LogP contribution in [0, 0.1) is 4.77 Å². The summed E-state index contributed by atoms with van der Waals surface area (Å²) in [4.78, 5) is 17.7. The van der Waals surface area contributed by atoms with E-state index < -0.39 is 0 Å². The first-order valence-corrected chi connectivity index (χ1v) is 6.86. The van der Waals surface area contributed by atoms with Crippen LogP contribution in [0.4, 0.5) is 0 Å². The van der Waals surface area contributed by atoms with Crippen molar-refractivity contribution in [3.8, 4) is 0 Å². The maximum Gasteiger partial charge on any atom is 0.272 e. The fourth-order valence-corrected chi connectivity index (χ4v) is 3.53. The maximum atomic E-state index is 12.4. The van der Waals surface area contributed by atoms with E-state index in [0.717, 1.165) is 29.7 Å². The van der Waals surface area contributed by atoms with Gasteiger partial charge in [-0.05, 0) is 43.7 Å². The average molecular weight is 267 g/mol. The highest BCUT2D eigenvalue weighted by molar-refractivity contribution is 7.71. The third-order valence-corrected chi connectivity index (χ3v) is 4.47. The molecule has 0 aromatic carbocycles. The first kappa shape index (κ1) is 11.1. The summed E-state index contributed by atoms with van der Waals surface area (Å²) in [6.45, 7) is 1.92. The van der Waals surface area contributed by atoms with E-state index in [1.165, 1.54) is 11.3 Å². The number of H-pyrrole nitrogens is 1. The predicted octanol–water partition coefficient (Wildman–Crippen LogP) is 2.00. The number of thiophene rings is 1. The van der Waals surface area contributed by atoms with E-state index in [2.05, 4.69) is 16.9 Å².